The van der Waals surface area contributed by atoms with Crippen LogP contribution in [0, 0.1) is 13.8 Å². The number of carbonyl (C=O) groups is 2. The summed E-state index contributed by atoms with van der Waals surface area (Å²) in [4.78, 5) is 26.9. The molecule has 0 spiro atoms. The molecule has 9 nitrogen and oxygen atoms in total. The number of hydrogen-bond acceptors (Lipinski definition) is 5. The lowest BCUT2D eigenvalue weighted by atomic mass is 9.93. The van der Waals surface area contributed by atoms with Crippen molar-refractivity contribution in [3.8, 4) is 0 Å². The zero-order valence-electron chi connectivity index (χ0n) is 17.9. The summed E-state index contributed by atoms with van der Waals surface area (Å²) in [5.74, 6) is 0.901. The van der Waals surface area contributed by atoms with E-state index in [4.69, 9.17) is 4.42 Å². The smallest absolute Gasteiger partial charge is 0.272 e. The van der Waals surface area contributed by atoms with E-state index in [1.54, 1.807) is 12.3 Å². The van der Waals surface area contributed by atoms with Crippen molar-refractivity contribution in [1.82, 2.24) is 30.6 Å². The number of nitrogens with one attached hydrogen (secondary N) is 3. The van der Waals surface area contributed by atoms with Gasteiger partial charge < -0.3 is 14.6 Å². The first-order valence-corrected chi connectivity index (χ1v) is 10.7. The Labute approximate surface area is 180 Å². The lowest BCUT2D eigenvalue weighted by molar-refractivity contribution is -0.132. The molecule has 0 saturated carbocycles. The van der Waals surface area contributed by atoms with Crippen LogP contribution in [-0.4, -0.2) is 50.2 Å². The van der Waals surface area contributed by atoms with E-state index < -0.39 is 0 Å². The Balaban J connectivity index is 1.25. The van der Waals surface area contributed by atoms with Gasteiger partial charge in [-0.25, -0.2) is 0 Å². The third kappa shape index (κ3) is 4.87. The van der Waals surface area contributed by atoms with E-state index in [0.29, 0.717) is 43.9 Å². The van der Waals surface area contributed by atoms with Crippen molar-refractivity contribution in [2.45, 2.75) is 52.0 Å². The predicted molar refractivity (Wildman–Crippen MR) is 113 cm³/mol. The van der Waals surface area contributed by atoms with Crippen LogP contribution in [0.4, 0.5) is 0 Å². The highest BCUT2D eigenvalue weighted by molar-refractivity contribution is 5.92. The molecule has 2 amide bonds. The third-order valence-electron chi connectivity index (χ3n) is 5.99. The summed E-state index contributed by atoms with van der Waals surface area (Å²) >= 11 is 0. The second kappa shape index (κ2) is 9.20. The van der Waals surface area contributed by atoms with Gasteiger partial charge in [0, 0.05) is 36.8 Å². The fourth-order valence-corrected chi connectivity index (χ4v) is 4.11. The van der Waals surface area contributed by atoms with Gasteiger partial charge in [0.25, 0.3) is 5.91 Å². The zero-order valence-corrected chi connectivity index (χ0v) is 17.9. The van der Waals surface area contributed by atoms with Crippen LogP contribution in [-0.2, 0) is 17.8 Å². The lowest BCUT2D eigenvalue weighted by Gasteiger charge is -2.31. The molecule has 3 N–H and O–H groups in total. The van der Waals surface area contributed by atoms with Gasteiger partial charge in [0.1, 0.15) is 11.5 Å². The summed E-state index contributed by atoms with van der Waals surface area (Å²) in [5.41, 5.74) is 4.45. The average Bonchev–Trinajstić information content (AvgIpc) is 3.53. The first-order valence-electron chi connectivity index (χ1n) is 10.7. The van der Waals surface area contributed by atoms with E-state index in [-0.39, 0.29) is 17.7 Å². The molecule has 0 atom stereocenters. The molecule has 4 rings (SSSR count). The van der Waals surface area contributed by atoms with Gasteiger partial charge in [0.2, 0.25) is 5.91 Å². The zero-order chi connectivity index (χ0) is 21.8. The number of amides is 2. The number of aryl methyl sites for hydroxylation is 2. The van der Waals surface area contributed by atoms with Crippen molar-refractivity contribution >= 4 is 11.8 Å². The van der Waals surface area contributed by atoms with Crippen molar-refractivity contribution in [2.24, 2.45) is 0 Å². The van der Waals surface area contributed by atoms with E-state index in [1.807, 2.05) is 30.9 Å². The molecular formula is C22H28N6O3. The van der Waals surface area contributed by atoms with E-state index in [1.165, 1.54) is 0 Å². The summed E-state index contributed by atoms with van der Waals surface area (Å²) in [7, 11) is 0. The maximum atomic E-state index is 12.6. The minimum absolute atomic E-state index is 0.182. The molecule has 0 radical (unpaired) electrons. The van der Waals surface area contributed by atoms with Crippen molar-refractivity contribution in [2.75, 3.05) is 13.1 Å². The van der Waals surface area contributed by atoms with E-state index in [9.17, 15) is 9.59 Å². The van der Waals surface area contributed by atoms with Crippen LogP contribution in [0.2, 0.25) is 0 Å². The second-order valence-electron chi connectivity index (χ2n) is 8.04. The summed E-state index contributed by atoms with van der Waals surface area (Å²) in [6.07, 6.45) is 4.49. The Morgan fingerprint density at radius 3 is 2.71 bits per heavy atom. The highest BCUT2D eigenvalue weighted by Crippen LogP contribution is 2.27. The Hall–Kier alpha value is -3.36. The molecule has 3 aromatic heterocycles. The molecule has 164 valence electrons. The number of piperidine rings is 1. The molecule has 0 aliphatic carbocycles. The summed E-state index contributed by atoms with van der Waals surface area (Å²) in [6.45, 7) is 5.70. The van der Waals surface area contributed by atoms with Gasteiger partial charge in [-0.1, -0.05) is 0 Å². The number of H-pyrrole nitrogens is 2. The topological polar surface area (TPSA) is 120 Å². The molecule has 1 aliphatic heterocycles. The van der Waals surface area contributed by atoms with Gasteiger partial charge in [-0.2, -0.15) is 10.2 Å². The third-order valence-corrected chi connectivity index (χ3v) is 5.99. The van der Waals surface area contributed by atoms with Crippen molar-refractivity contribution in [3.63, 3.8) is 0 Å². The Morgan fingerprint density at radius 1 is 1.23 bits per heavy atom. The average molecular weight is 425 g/mol. The molecule has 9 heteroatoms. The highest BCUT2D eigenvalue weighted by atomic mass is 16.3. The Bertz CT molecular complexity index is 1010. The summed E-state index contributed by atoms with van der Waals surface area (Å²) in [6, 6.07) is 5.40. The Morgan fingerprint density at radius 2 is 2.03 bits per heavy atom. The number of hydrogen-bond donors (Lipinski definition) is 3. The van der Waals surface area contributed by atoms with Crippen LogP contribution in [0.3, 0.4) is 0 Å². The van der Waals surface area contributed by atoms with Gasteiger partial charge in [-0.15, -0.1) is 0 Å². The van der Waals surface area contributed by atoms with Gasteiger partial charge in [-0.3, -0.25) is 19.8 Å². The van der Waals surface area contributed by atoms with E-state index in [2.05, 4.69) is 25.7 Å². The lowest BCUT2D eigenvalue weighted by Crippen LogP contribution is -2.38. The van der Waals surface area contributed by atoms with Crippen LogP contribution in [0.25, 0.3) is 0 Å². The van der Waals surface area contributed by atoms with Crippen LogP contribution in [0.5, 0.6) is 0 Å². The maximum Gasteiger partial charge on any atom is 0.272 e. The van der Waals surface area contributed by atoms with Gasteiger partial charge >= 0.3 is 0 Å². The molecule has 4 heterocycles. The predicted octanol–water partition coefficient (Wildman–Crippen LogP) is 2.61. The normalized spacial score (nSPS) is 14.7. The molecule has 0 aromatic carbocycles. The number of aromatic nitrogens is 4. The summed E-state index contributed by atoms with van der Waals surface area (Å²) in [5, 5.41) is 17.1. The van der Waals surface area contributed by atoms with Crippen molar-refractivity contribution < 1.29 is 14.0 Å². The minimum atomic E-state index is -0.239. The molecule has 0 unspecified atom stereocenters. The van der Waals surface area contributed by atoms with Crippen molar-refractivity contribution in [3.05, 3.63) is 58.6 Å². The molecule has 0 bridgehead atoms. The number of carbonyl (C=O) groups excluding carboxylic acids is 2. The maximum absolute atomic E-state index is 12.6. The van der Waals surface area contributed by atoms with Crippen LogP contribution >= 0.6 is 0 Å². The first-order chi connectivity index (χ1) is 15.0. The van der Waals surface area contributed by atoms with Crippen LogP contribution < -0.4 is 5.32 Å². The molecule has 1 aliphatic rings. The second-order valence-corrected chi connectivity index (χ2v) is 8.04. The summed E-state index contributed by atoms with van der Waals surface area (Å²) < 4.78 is 5.22. The van der Waals surface area contributed by atoms with Gasteiger partial charge in [0.15, 0.2) is 0 Å². The molecule has 1 saturated heterocycles. The Kier molecular flexibility index (Phi) is 6.20. The minimum Gasteiger partial charge on any atom is -0.467 e. The van der Waals surface area contributed by atoms with Gasteiger partial charge in [-0.05, 0) is 56.9 Å². The molecule has 31 heavy (non-hydrogen) atoms. The van der Waals surface area contributed by atoms with E-state index in [0.717, 1.165) is 35.5 Å². The highest BCUT2D eigenvalue weighted by Gasteiger charge is 2.26. The van der Waals surface area contributed by atoms with Gasteiger partial charge in [0.05, 0.1) is 18.5 Å². The molecular weight excluding hydrogens is 396 g/mol. The molecule has 3 aromatic rings. The van der Waals surface area contributed by atoms with Crippen LogP contribution in [0.15, 0.2) is 28.9 Å². The number of likely N-dealkylation sites (tertiary alicyclic amines) is 1. The largest absolute Gasteiger partial charge is 0.467 e. The number of furan rings is 1. The number of aromatic amines is 2. The fraction of sp³-hybridized carbons (Fsp3) is 0.455. The van der Waals surface area contributed by atoms with Crippen molar-refractivity contribution in [1.29, 1.82) is 0 Å². The number of nitrogens with zero attached hydrogens (tertiary/aromatic N) is 3. The van der Waals surface area contributed by atoms with Crippen LogP contribution in [0.1, 0.15) is 64.1 Å². The first kappa shape index (κ1) is 20.9. The SMILES string of the molecule is Cc1n[nH]c(C)c1CCC(=O)N1CCC(c2cc(C(=O)NCc3ccco3)n[nH]2)CC1. The molecule has 1 fully saturated rings. The monoisotopic (exact) mass is 424 g/mol. The standard InChI is InChI=1S/C22H28N6O3/c1-14-18(15(2)25-24-14)5-6-21(29)28-9-7-16(8-10-28)19-12-20(27-26-19)22(30)23-13-17-4-3-11-31-17/h3-4,11-12,16H,5-10,13H2,1-2H3,(H,23,30)(H,24,25)(H,26,27). The number of rotatable bonds is 7. The fourth-order valence-electron chi connectivity index (χ4n) is 4.11. The van der Waals surface area contributed by atoms with E-state index >= 15 is 0 Å². The quantitative estimate of drug-likeness (QED) is 0.538.